The first-order chi connectivity index (χ1) is 9.78. The topological polar surface area (TPSA) is 12.5 Å². The number of benzene rings is 1. The lowest BCUT2D eigenvalue weighted by molar-refractivity contribution is 0.212. The van der Waals surface area contributed by atoms with Crippen LogP contribution in [-0.4, -0.2) is 31.1 Å². The van der Waals surface area contributed by atoms with Crippen LogP contribution in [0.1, 0.15) is 39.0 Å². The van der Waals surface area contributed by atoms with E-state index in [1.165, 1.54) is 45.2 Å². The molecule has 0 N–H and O–H groups in total. The molecule has 0 radical (unpaired) electrons. The summed E-state index contributed by atoms with van der Waals surface area (Å²) in [5.74, 6) is 1.92. The number of ether oxygens (including phenoxy) is 1. The van der Waals surface area contributed by atoms with Crippen molar-refractivity contribution in [3.05, 3.63) is 28.7 Å². The Labute approximate surface area is 131 Å². The average Bonchev–Trinajstić information content (AvgIpc) is 2.67. The van der Waals surface area contributed by atoms with Crippen LogP contribution >= 0.6 is 15.9 Å². The smallest absolute Gasteiger partial charge is 0.119 e. The fourth-order valence-electron chi connectivity index (χ4n) is 2.97. The minimum atomic E-state index is 0.792. The molecule has 0 aromatic heterocycles. The summed E-state index contributed by atoms with van der Waals surface area (Å²) in [6.07, 6.45) is 6.87. The number of rotatable bonds is 6. The maximum absolute atomic E-state index is 5.82. The Morgan fingerprint density at radius 1 is 1.20 bits per heavy atom. The Balaban J connectivity index is 1.67. The van der Waals surface area contributed by atoms with Gasteiger partial charge in [0.1, 0.15) is 12.4 Å². The molecule has 2 nitrogen and oxygen atoms in total. The Morgan fingerprint density at radius 3 is 2.75 bits per heavy atom. The fourth-order valence-corrected chi connectivity index (χ4v) is 3.23. The number of hydrogen-bond acceptors (Lipinski definition) is 2. The zero-order valence-electron chi connectivity index (χ0n) is 12.5. The fraction of sp³-hybridized carbons (Fsp3) is 0.647. The van der Waals surface area contributed by atoms with Crippen LogP contribution in [0.25, 0.3) is 0 Å². The molecule has 0 spiro atoms. The highest BCUT2D eigenvalue weighted by Gasteiger charge is 2.16. The highest BCUT2D eigenvalue weighted by Crippen LogP contribution is 2.22. The van der Waals surface area contributed by atoms with Gasteiger partial charge in [-0.3, -0.25) is 4.90 Å². The average molecular weight is 340 g/mol. The molecule has 1 aliphatic heterocycles. The van der Waals surface area contributed by atoms with Crippen LogP contribution in [0.4, 0.5) is 0 Å². The molecule has 1 fully saturated rings. The Morgan fingerprint density at radius 2 is 2.00 bits per heavy atom. The van der Waals surface area contributed by atoms with Gasteiger partial charge in [-0.25, -0.2) is 0 Å². The molecule has 1 atom stereocenters. The maximum atomic E-state index is 5.82. The van der Waals surface area contributed by atoms with Crippen LogP contribution in [0.3, 0.4) is 0 Å². The van der Waals surface area contributed by atoms with E-state index < -0.39 is 0 Å². The molecular weight excluding hydrogens is 314 g/mol. The van der Waals surface area contributed by atoms with Crippen LogP contribution in [-0.2, 0) is 0 Å². The minimum absolute atomic E-state index is 0.792. The van der Waals surface area contributed by atoms with Crippen molar-refractivity contribution < 1.29 is 4.74 Å². The second-order valence-corrected chi connectivity index (χ2v) is 6.65. The van der Waals surface area contributed by atoms with Crippen molar-refractivity contribution in [1.29, 1.82) is 0 Å². The minimum Gasteiger partial charge on any atom is -0.492 e. The second kappa shape index (κ2) is 8.68. The van der Waals surface area contributed by atoms with Gasteiger partial charge >= 0.3 is 0 Å². The van der Waals surface area contributed by atoms with E-state index in [1.54, 1.807) is 0 Å². The van der Waals surface area contributed by atoms with Gasteiger partial charge in [0.2, 0.25) is 0 Å². The Bertz CT molecular complexity index is 379. The molecule has 0 amide bonds. The summed E-state index contributed by atoms with van der Waals surface area (Å²) in [7, 11) is 0. The number of nitrogens with zero attached hydrogens (tertiary/aromatic N) is 1. The normalized spacial score (nSPS) is 20.6. The van der Waals surface area contributed by atoms with E-state index >= 15 is 0 Å². The van der Waals surface area contributed by atoms with E-state index in [4.69, 9.17) is 4.74 Å². The number of likely N-dealkylation sites (tertiary alicyclic amines) is 1. The Kier molecular flexibility index (Phi) is 6.88. The van der Waals surface area contributed by atoms with E-state index in [1.807, 2.05) is 24.3 Å². The summed E-state index contributed by atoms with van der Waals surface area (Å²) in [5.41, 5.74) is 0. The van der Waals surface area contributed by atoms with Crippen molar-refractivity contribution in [3.63, 3.8) is 0 Å². The molecule has 0 aliphatic carbocycles. The molecule has 0 saturated carbocycles. The molecule has 1 aliphatic rings. The van der Waals surface area contributed by atoms with Crippen molar-refractivity contribution in [2.75, 3.05) is 26.2 Å². The van der Waals surface area contributed by atoms with Crippen molar-refractivity contribution >= 4 is 15.9 Å². The van der Waals surface area contributed by atoms with Crippen molar-refractivity contribution in [2.45, 2.75) is 39.0 Å². The first-order valence-electron chi connectivity index (χ1n) is 7.88. The molecule has 1 unspecified atom stereocenters. The van der Waals surface area contributed by atoms with Gasteiger partial charge in [-0.2, -0.15) is 0 Å². The van der Waals surface area contributed by atoms with Gasteiger partial charge in [-0.1, -0.05) is 35.7 Å². The van der Waals surface area contributed by atoms with Crippen molar-refractivity contribution in [1.82, 2.24) is 4.90 Å². The zero-order valence-corrected chi connectivity index (χ0v) is 14.1. The lowest BCUT2D eigenvalue weighted by Gasteiger charge is -2.20. The molecule has 1 heterocycles. The highest BCUT2D eigenvalue weighted by atomic mass is 79.9. The SMILES string of the molecule is CCCC1CCCN(CCOc2ccc(Br)cc2)CC1. The zero-order chi connectivity index (χ0) is 14.2. The van der Waals surface area contributed by atoms with E-state index in [0.717, 1.165) is 29.3 Å². The molecule has 2 rings (SSSR count). The summed E-state index contributed by atoms with van der Waals surface area (Å²) in [6.45, 7) is 6.63. The molecule has 1 saturated heterocycles. The standard InChI is InChI=1S/C17H26BrNO/c1-2-4-15-5-3-11-19(12-10-15)13-14-20-17-8-6-16(18)7-9-17/h6-9,15H,2-5,10-14H2,1H3. The van der Waals surface area contributed by atoms with Gasteiger partial charge in [-0.05, 0) is 62.5 Å². The first-order valence-corrected chi connectivity index (χ1v) is 8.68. The summed E-state index contributed by atoms with van der Waals surface area (Å²) in [6, 6.07) is 8.08. The van der Waals surface area contributed by atoms with Gasteiger partial charge in [0.05, 0.1) is 0 Å². The number of hydrogen-bond donors (Lipinski definition) is 0. The van der Waals surface area contributed by atoms with Crippen molar-refractivity contribution in [3.8, 4) is 5.75 Å². The van der Waals surface area contributed by atoms with Crippen LogP contribution in [0.5, 0.6) is 5.75 Å². The van der Waals surface area contributed by atoms with Crippen LogP contribution in [0.2, 0.25) is 0 Å². The number of halogens is 1. The largest absolute Gasteiger partial charge is 0.492 e. The van der Waals surface area contributed by atoms with Gasteiger partial charge in [0.15, 0.2) is 0 Å². The predicted molar refractivity (Wildman–Crippen MR) is 88.3 cm³/mol. The van der Waals surface area contributed by atoms with Crippen molar-refractivity contribution in [2.24, 2.45) is 5.92 Å². The molecule has 20 heavy (non-hydrogen) atoms. The molecule has 0 bridgehead atoms. The highest BCUT2D eigenvalue weighted by molar-refractivity contribution is 9.10. The lowest BCUT2D eigenvalue weighted by atomic mass is 9.96. The van der Waals surface area contributed by atoms with Gasteiger partial charge in [-0.15, -0.1) is 0 Å². The molecule has 1 aromatic carbocycles. The van der Waals surface area contributed by atoms with Crippen LogP contribution in [0.15, 0.2) is 28.7 Å². The van der Waals surface area contributed by atoms with Gasteiger partial charge in [0, 0.05) is 11.0 Å². The van der Waals surface area contributed by atoms with Crippen LogP contribution in [0, 0.1) is 5.92 Å². The molecule has 112 valence electrons. The summed E-state index contributed by atoms with van der Waals surface area (Å²) in [4.78, 5) is 2.56. The van der Waals surface area contributed by atoms with Gasteiger partial charge < -0.3 is 4.74 Å². The Hall–Kier alpha value is -0.540. The summed E-state index contributed by atoms with van der Waals surface area (Å²) < 4.78 is 6.91. The molecule has 1 aromatic rings. The van der Waals surface area contributed by atoms with E-state index in [-0.39, 0.29) is 0 Å². The third kappa shape index (κ3) is 5.45. The lowest BCUT2D eigenvalue weighted by Crippen LogP contribution is -2.29. The molecule has 3 heteroatoms. The predicted octanol–water partition coefficient (Wildman–Crippen LogP) is 4.73. The third-order valence-corrected chi connectivity index (χ3v) is 4.66. The second-order valence-electron chi connectivity index (χ2n) is 5.73. The third-order valence-electron chi connectivity index (χ3n) is 4.13. The van der Waals surface area contributed by atoms with Gasteiger partial charge in [0.25, 0.3) is 0 Å². The van der Waals surface area contributed by atoms with E-state index in [9.17, 15) is 0 Å². The molecular formula is C17H26BrNO. The van der Waals surface area contributed by atoms with Crippen LogP contribution < -0.4 is 4.74 Å². The maximum Gasteiger partial charge on any atom is 0.119 e. The van der Waals surface area contributed by atoms with E-state index in [0.29, 0.717) is 0 Å². The monoisotopic (exact) mass is 339 g/mol. The first kappa shape index (κ1) is 15.8. The summed E-state index contributed by atoms with van der Waals surface area (Å²) >= 11 is 3.44. The summed E-state index contributed by atoms with van der Waals surface area (Å²) in [5, 5.41) is 0. The van der Waals surface area contributed by atoms with E-state index in [2.05, 4.69) is 27.8 Å². The quantitative estimate of drug-likeness (QED) is 0.742.